The van der Waals surface area contributed by atoms with E-state index >= 15 is 0 Å². The molecule has 0 spiro atoms. The summed E-state index contributed by atoms with van der Waals surface area (Å²) in [5, 5.41) is 8.28. The average Bonchev–Trinajstić information content (AvgIpc) is 2.60. The predicted octanol–water partition coefficient (Wildman–Crippen LogP) is 4.02. The Labute approximate surface area is 160 Å². The highest BCUT2D eigenvalue weighted by Gasteiger charge is 2.37. The largest absolute Gasteiger partial charge is 0.368 e. The molecule has 7 nitrogen and oxygen atoms in total. The van der Waals surface area contributed by atoms with Crippen molar-refractivity contribution in [3.63, 3.8) is 0 Å². The Morgan fingerprint density at radius 2 is 1.52 bits per heavy atom. The highest BCUT2D eigenvalue weighted by atomic mass is 32.2. The van der Waals surface area contributed by atoms with Crippen LogP contribution in [-0.4, -0.2) is 21.6 Å². The van der Waals surface area contributed by atoms with Crippen LogP contribution in [0.1, 0.15) is 30.8 Å². The first-order chi connectivity index (χ1) is 12.7. The van der Waals surface area contributed by atoms with Crippen LogP contribution in [0, 0.1) is 6.92 Å². The lowest BCUT2D eigenvalue weighted by Crippen LogP contribution is -2.16. The van der Waals surface area contributed by atoms with E-state index in [0.717, 1.165) is 11.1 Å². The summed E-state index contributed by atoms with van der Waals surface area (Å²) in [7, 11) is -7.31. The summed E-state index contributed by atoms with van der Waals surface area (Å²) in [6.07, 6.45) is 0. The number of hydrogen-bond acceptors (Lipinski definition) is 6. The van der Waals surface area contributed by atoms with E-state index in [4.69, 9.17) is 14.2 Å². The second-order valence-electron chi connectivity index (χ2n) is 5.90. The molecule has 148 valence electrons. The fourth-order valence-corrected chi connectivity index (χ4v) is 4.99. The Balaban J connectivity index is 2.43. The maximum absolute atomic E-state index is 13.4. The highest BCUT2D eigenvalue weighted by molar-refractivity contribution is 7.89. The van der Waals surface area contributed by atoms with Crippen molar-refractivity contribution < 1.29 is 22.0 Å². The fraction of sp³-hybridized carbons (Fsp3) is 0.333. The average molecular weight is 412 g/mol. The minimum atomic E-state index is -3.78. The van der Waals surface area contributed by atoms with Gasteiger partial charge in [-0.25, -0.2) is 13.6 Å². The minimum absolute atomic E-state index is 0.00210. The van der Waals surface area contributed by atoms with Gasteiger partial charge in [-0.15, -0.1) is 0 Å². The van der Waals surface area contributed by atoms with Crippen LogP contribution >= 0.6 is 7.60 Å². The lowest BCUT2D eigenvalue weighted by atomic mass is 10.1. The van der Waals surface area contributed by atoms with Gasteiger partial charge in [0.1, 0.15) is 0 Å². The van der Waals surface area contributed by atoms with E-state index in [-0.39, 0.29) is 18.1 Å². The third kappa shape index (κ3) is 5.64. The number of rotatable bonds is 9. The van der Waals surface area contributed by atoms with E-state index in [1.807, 2.05) is 31.2 Å². The van der Waals surface area contributed by atoms with Gasteiger partial charge in [0.05, 0.1) is 18.1 Å². The molecule has 0 radical (unpaired) electrons. The smallest absolute Gasteiger partial charge is 0.357 e. The number of nitrogens with two attached hydrogens (primary N) is 1. The van der Waals surface area contributed by atoms with Crippen LogP contribution in [0.2, 0.25) is 0 Å². The summed E-state index contributed by atoms with van der Waals surface area (Å²) in [6, 6.07) is 13.4. The van der Waals surface area contributed by atoms with E-state index < -0.39 is 23.4 Å². The van der Waals surface area contributed by atoms with Crippen LogP contribution in [0.15, 0.2) is 53.4 Å². The van der Waals surface area contributed by atoms with Gasteiger partial charge in [0.2, 0.25) is 10.0 Å². The zero-order valence-corrected chi connectivity index (χ0v) is 17.3. The van der Waals surface area contributed by atoms with Crippen molar-refractivity contribution in [3.05, 3.63) is 59.7 Å². The van der Waals surface area contributed by atoms with E-state index in [2.05, 4.69) is 5.32 Å². The van der Waals surface area contributed by atoms with Crippen molar-refractivity contribution in [3.8, 4) is 0 Å². The molecule has 9 heteroatoms. The predicted molar refractivity (Wildman–Crippen MR) is 106 cm³/mol. The van der Waals surface area contributed by atoms with Gasteiger partial charge in [0.25, 0.3) is 0 Å². The molecule has 27 heavy (non-hydrogen) atoms. The number of aryl methyl sites for hydroxylation is 1. The van der Waals surface area contributed by atoms with E-state index in [0.29, 0.717) is 5.69 Å². The lowest BCUT2D eigenvalue weighted by molar-refractivity contribution is 0.214. The van der Waals surface area contributed by atoms with Crippen molar-refractivity contribution >= 4 is 23.3 Å². The first-order valence-corrected chi connectivity index (χ1v) is 11.7. The number of primary sulfonamides is 1. The van der Waals surface area contributed by atoms with Crippen LogP contribution in [0.4, 0.5) is 5.69 Å². The number of sulfonamides is 1. The molecule has 0 aromatic heterocycles. The van der Waals surface area contributed by atoms with Crippen LogP contribution < -0.4 is 10.5 Å². The number of anilines is 1. The first-order valence-electron chi connectivity index (χ1n) is 8.54. The molecule has 0 heterocycles. The molecule has 0 aliphatic rings. The summed E-state index contributed by atoms with van der Waals surface area (Å²) >= 11 is 0. The monoisotopic (exact) mass is 412 g/mol. The molecule has 0 saturated heterocycles. The summed E-state index contributed by atoms with van der Waals surface area (Å²) in [4.78, 5) is -0.00210. The summed E-state index contributed by atoms with van der Waals surface area (Å²) in [5.41, 5.74) is 2.37. The molecule has 0 bridgehead atoms. The Bertz CT molecular complexity index is 888. The number of benzene rings is 2. The van der Waals surface area contributed by atoms with E-state index in [9.17, 15) is 13.0 Å². The summed E-state index contributed by atoms with van der Waals surface area (Å²) < 4.78 is 47.3. The maximum atomic E-state index is 13.4. The van der Waals surface area contributed by atoms with Crippen molar-refractivity contribution in [2.24, 2.45) is 5.14 Å². The van der Waals surface area contributed by atoms with Gasteiger partial charge >= 0.3 is 7.60 Å². The van der Waals surface area contributed by atoms with Crippen molar-refractivity contribution in [2.45, 2.75) is 31.4 Å². The molecule has 0 amide bonds. The Morgan fingerprint density at radius 1 is 1.00 bits per heavy atom. The van der Waals surface area contributed by atoms with Crippen molar-refractivity contribution in [2.75, 3.05) is 18.5 Å². The van der Waals surface area contributed by atoms with Gasteiger partial charge in [-0.05, 0) is 50.6 Å². The van der Waals surface area contributed by atoms with E-state index in [1.165, 1.54) is 12.1 Å². The molecule has 0 aliphatic carbocycles. The van der Waals surface area contributed by atoms with Crippen LogP contribution in [0.3, 0.4) is 0 Å². The van der Waals surface area contributed by atoms with Gasteiger partial charge in [-0.3, -0.25) is 4.57 Å². The molecule has 0 saturated carbocycles. The molecular weight excluding hydrogens is 387 g/mol. The molecule has 2 aromatic rings. The van der Waals surface area contributed by atoms with E-state index in [1.54, 1.807) is 26.0 Å². The van der Waals surface area contributed by atoms with Crippen LogP contribution in [0.25, 0.3) is 0 Å². The Kier molecular flexibility index (Phi) is 7.19. The molecule has 0 fully saturated rings. The van der Waals surface area contributed by atoms with Gasteiger partial charge in [-0.2, -0.15) is 0 Å². The van der Waals surface area contributed by atoms with Gasteiger partial charge in [0, 0.05) is 5.69 Å². The van der Waals surface area contributed by atoms with Crippen LogP contribution in [-0.2, 0) is 23.6 Å². The SMILES string of the molecule is CCOP(=O)(OCC)C(Nc1ccc(S(N)(=O)=O)cc1)c1ccc(C)cc1. The quantitative estimate of drug-likeness (QED) is 0.603. The third-order valence-corrected chi connectivity index (χ3v) is 7.04. The highest BCUT2D eigenvalue weighted by Crippen LogP contribution is 2.60. The van der Waals surface area contributed by atoms with Crippen molar-refractivity contribution in [1.29, 1.82) is 0 Å². The van der Waals surface area contributed by atoms with Gasteiger partial charge < -0.3 is 14.4 Å². The summed E-state index contributed by atoms with van der Waals surface area (Å²) in [5.74, 6) is -0.752. The topological polar surface area (TPSA) is 108 Å². The molecule has 2 aromatic carbocycles. The molecule has 1 unspecified atom stereocenters. The van der Waals surface area contributed by atoms with Crippen LogP contribution in [0.5, 0.6) is 0 Å². The normalized spacial score (nSPS) is 13.3. The molecule has 2 rings (SSSR count). The second kappa shape index (κ2) is 8.99. The van der Waals surface area contributed by atoms with Gasteiger partial charge in [-0.1, -0.05) is 29.8 Å². The third-order valence-electron chi connectivity index (χ3n) is 3.81. The standard InChI is InChI=1S/C18H25N2O5PS/c1-4-24-26(21,25-5-2)18(15-8-6-14(3)7-9-15)20-16-10-12-17(13-11-16)27(19,22)23/h6-13,18,20H,4-5H2,1-3H3,(H2,19,22,23). The Morgan fingerprint density at radius 3 is 1.96 bits per heavy atom. The zero-order chi connectivity index (χ0) is 20.1. The maximum Gasteiger partial charge on any atom is 0.357 e. The number of hydrogen-bond donors (Lipinski definition) is 2. The minimum Gasteiger partial charge on any atom is -0.368 e. The summed E-state index contributed by atoms with van der Waals surface area (Å²) in [6.45, 7) is 5.91. The van der Waals surface area contributed by atoms with Gasteiger partial charge in [0.15, 0.2) is 5.78 Å². The number of nitrogens with one attached hydrogen (secondary N) is 1. The molecular formula is C18H25N2O5PS. The Hall–Kier alpha value is -1.70. The zero-order valence-electron chi connectivity index (χ0n) is 15.6. The lowest BCUT2D eigenvalue weighted by Gasteiger charge is -2.28. The molecule has 1 atom stereocenters. The molecule has 0 aliphatic heterocycles. The fourth-order valence-electron chi connectivity index (χ4n) is 2.54. The molecule has 3 N–H and O–H groups in total. The first kappa shape index (κ1) is 21.6. The second-order valence-corrected chi connectivity index (χ2v) is 9.58. The van der Waals surface area contributed by atoms with Crippen molar-refractivity contribution in [1.82, 2.24) is 0 Å².